The lowest BCUT2D eigenvalue weighted by Crippen LogP contribution is -2.67. The molecule has 32 heteroatoms. The summed E-state index contributed by atoms with van der Waals surface area (Å²) in [5.74, 6) is -0.716. The number of aromatic hydroxyl groups is 3. The van der Waals surface area contributed by atoms with E-state index in [-0.39, 0.29) is 122 Å². The molecule has 8 heterocycles. The van der Waals surface area contributed by atoms with Crippen molar-refractivity contribution < 1.29 is 66.8 Å². The molecule has 20 rings (SSSR count). The second kappa shape index (κ2) is 39.9. The lowest BCUT2D eigenvalue weighted by molar-refractivity contribution is -0.144. The summed E-state index contributed by atoms with van der Waals surface area (Å²) in [6.07, 6.45) is 8.78. The quantitative estimate of drug-likeness (QED) is 0.0565. The number of para-hydroxylation sites is 3. The van der Waals surface area contributed by atoms with Gasteiger partial charge in [0.2, 0.25) is 23.6 Å². The number of piperidine rings is 4. The van der Waals surface area contributed by atoms with Crippen molar-refractivity contribution in [2.75, 3.05) is 87.9 Å². The zero-order valence-electron chi connectivity index (χ0n) is 73.9. The topological polar surface area (TPSA) is 271 Å². The molecule has 1 saturated carbocycles. The number of rotatable bonds is 12. The number of halogens is 9. The Bertz CT molecular complexity index is 6030. The Hall–Kier alpha value is -12.7. The number of aryl methyl sites for hydroxylation is 1. The molecule has 702 valence electrons. The van der Waals surface area contributed by atoms with Gasteiger partial charge in [0, 0.05) is 86.2 Å². The van der Waals surface area contributed by atoms with Crippen molar-refractivity contribution in [2.45, 2.75) is 114 Å². The fourth-order valence-corrected chi connectivity index (χ4v) is 22.6. The van der Waals surface area contributed by atoms with Crippen LogP contribution in [0, 0.1) is 46.0 Å². The second-order valence-electron chi connectivity index (χ2n) is 35.8. The summed E-state index contributed by atoms with van der Waals surface area (Å²) < 4.78 is 40.6. The minimum absolute atomic E-state index is 0.0219. The first-order chi connectivity index (χ1) is 65.5. The summed E-state index contributed by atoms with van der Waals surface area (Å²) in [6, 6.07) is 70.0. The molecule has 9 aliphatic rings. The van der Waals surface area contributed by atoms with Crippen molar-refractivity contribution >= 4 is 157 Å². The average molecular weight is 1960 g/mol. The van der Waals surface area contributed by atoms with E-state index in [1.165, 1.54) is 66.9 Å². The van der Waals surface area contributed by atoms with E-state index in [0.717, 1.165) is 40.8 Å². The van der Waals surface area contributed by atoms with Crippen molar-refractivity contribution in [3.8, 4) is 17.2 Å². The fourth-order valence-electron chi connectivity index (χ4n) is 20.9. The number of urea groups is 4. The molecule has 0 bridgehead atoms. The van der Waals surface area contributed by atoms with E-state index in [4.69, 9.17) is 69.6 Å². The van der Waals surface area contributed by atoms with Crippen molar-refractivity contribution in [1.82, 2.24) is 24.9 Å². The van der Waals surface area contributed by atoms with Crippen LogP contribution >= 0.6 is 69.6 Å². The summed E-state index contributed by atoms with van der Waals surface area (Å²) in [6.45, 7) is 5.38. The number of hydrogen-bond acceptors (Lipinski definition) is 11. The number of hydrogen-bond donors (Lipinski definition) is 7. The Morgan fingerprint density at radius 1 is 0.316 bits per heavy atom. The summed E-state index contributed by atoms with van der Waals surface area (Å²) in [5, 5.41) is 42.9. The first-order valence-corrected chi connectivity index (χ1v) is 47.4. The maximum Gasteiger partial charge on any atom is 0.321 e. The number of amides is 12. The van der Waals surface area contributed by atoms with E-state index in [1.807, 2.05) is 89.5 Å². The second-order valence-corrected chi connectivity index (χ2v) is 38.3. The minimum Gasteiger partial charge on any atom is -0.508 e. The van der Waals surface area contributed by atoms with Crippen LogP contribution in [0.1, 0.15) is 129 Å². The highest BCUT2D eigenvalue weighted by Crippen LogP contribution is 2.62. The molecule has 11 aromatic rings. The molecule has 8 saturated heterocycles. The van der Waals surface area contributed by atoms with Crippen LogP contribution in [0.25, 0.3) is 0 Å². The predicted octanol–water partition coefficient (Wildman–Crippen LogP) is 23.5. The summed E-state index contributed by atoms with van der Waals surface area (Å²) >= 11 is 37.0. The third-order valence-corrected chi connectivity index (χ3v) is 29.9. The Balaban J connectivity index is 0.000000126. The van der Waals surface area contributed by atoms with Crippen LogP contribution in [-0.2, 0) is 19.2 Å². The molecule has 12 amide bonds. The van der Waals surface area contributed by atoms with Gasteiger partial charge in [-0.05, 0) is 251 Å². The monoisotopic (exact) mass is 1960 g/mol. The normalized spacial score (nSPS) is 19.9. The van der Waals surface area contributed by atoms with Crippen molar-refractivity contribution in [3.63, 3.8) is 0 Å². The van der Waals surface area contributed by atoms with Crippen molar-refractivity contribution in [1.29, 1.82) is 0 Å². The number of β-lactam (4-membered cyclic amide) rings is 4. The highest BCUT2D eigenvalue weighted by Gasteiger charge is 2.66. The fraction of sp³-hybridized carbons (Fsp3) is 0.288. The van der Waals surface area contributed by atoms with Crippen LogP contribution in [0.3, 0.4) is 0 Å². The molecule has 23 nitrogen and oxygen atoms in total. The van der Waals surface area contributed by atoms with Crippen LogP contribution < -0.4 is 40.9 Å². The van der Waals surface area contributed by atoms with Crippen LogP contribution in [0.4, 0.5) is 72.2 Å². The SMILES string of the molecule is Cc1cccc(Cl)c1NC(=O)N1CCC2(CC1)C(=O)N(c1ccc(F)cc1)C2c1ccc(O)cc1.O=C(NC1CCCC1)N1CCC2(CC1)C(=O)N(c1ccccc1)C2c1ccccc1.O=C(Nc1c(Cl)cc(Cl)cc1Cl)N1CCC2(CC1)C(=O)N(c1ccc(F)cc1)C2c1ccc(O)cc1.O=C(Nc1c(Cl)cccc1Cl)N1CCC2(CC1)C(=O)N(c1ccc(F)cc1)C2c1ccc(O)cc1. The summed E-state index contributed by atoms with van der Waals surface area (Å²) in [5.41, 5.74) is 6.11. The van der Waals surface area contributed by atoms with Gasteiger partial charge in [-0.15, -0.1) is 0 Å². The number of nitrogens with one attached hydrogen (secondary N) is 4. The number of likely N-dealkylation sites (tertiary alicyclic amines) is 4. The van der Waals surface area contributed by atoms with Gasteiger partial charge in [0.15, 0.2) is 0 Å². The Morgan fingerprint density at radius 3 is 0.897 bits per heavy atom. The highest BCUT2D eigenvalue weighted by atomic mass is 35.5. The third-order valence-electron chi connectivity index (χ3n) is 28.1. The number of benzene rings is 11. The predicted molar refractivity (Wildman–Crippen MR) is 522 cm³/mol. The van der Waals surface area contributed by atoms with Crippen molar-refractivity contribution in [3.05, 3.63) is 330 Å². The lowest BCUT2D eigenvalue weighted by Gasteiger charge is -2.59. The Kier molecular flexibility index (Phi) is 27.9. The molecule has 136 heavy (non-hydrogen) atoms. The molecule has 0 radical (unpaired) electrons. The van der Waals surface area contributed by atoms with Gasteiger partial charge < -0.3 is 75.8 Å². The van der Waals surface area contributed by atoms with Crippen LogP contribution in [0.2, 0.25) is 30.1 Å². The van der Waals surface area contributed by atoms with Crippen LogP contribution in [0.15, 0.2) is 255 Å². The van der Waals surface area contributed by atoms with E-state index < -0.39 is 21.7 Å². The number of nitrogens with zero attached hydrogens (tertiary/aromatic N) is 8. The minimum atomic E-state index is -0.725. The standard InChI is InChI=1S/C27H25ClFN3O3.C26H21Cl3FN3O3.C26H22Cl2FN3O3.C25H29N3O2/c1-17-3-2-4-22(28)23(17)30-26(35)31-15-13-27(14-16-31)24(18-5-11-21(33)12-6-18)32(25(27)34)20-9-7-19(29)8-10-20;27-16-13-20(28)22(21(29)14-16)31-25(36)32-11-9-26(10-12-32)23(15-1-7-19(34)8-2-15)33(24(26)35)18-5-3-17(30)4-6-18;27-20-2-1-3-21(28)22(20)30-25(35)31-14-12-26(13-15-31)23(16-4-10-19(33)11-5-16)32(24(26)34)18-8-6-17(29)7-9-18;29-23-25(15-17-27(18-16-25)24(30)26-20-11-7-8-12-20)22(19-9-3-1-4-10-19)28(23)21-13-5-2-6-14-21/h2-12,24,33H,13-16H2,1H3,(H,30,35);1-8,13-14,23,34H,9-12H2,(H,31,36);1-11,23,33H,12-15H2,(H,30,35);1-6,9-10,13-14,20,22H,7-8,11-12,15-18H2,(H,26,30). The highest BCUT2D eigenvalue weighted by molar-refractivity contribution is 6.42. The van der Waals surface area contributed by atoms with E-state index in [9.17, 15) is 66.8 Å². The molecule has 4 atom stereocenters. The molecular formula is C104H97Cl6F3N12O11. The molecule has 11 aromatic carbocycles. The molecule has 7 N–H and O–H groups in total. The number of phenolic OH excluding ortho intramolecular Hbond substituents is 3. The zero-order chi connectivity index (χ0) is 95.6. The van der Waals surface area contributed by atoms with E-state index >= 15 is 0 Å². The van der Waals surface area contributed by atoms with Gasteiger partial charge in [0.25, 0.3) is 0 Å². The third kappa shape index (κ3) is 18.7. The van der Waals surface area contributed by atoms with E-state index in [2.05, 4.69) is 33.4 Å². The number of phenols is 3. The van der Waals surface area contributed by atoms with Gasteiger partial charge in [-0.25, -0.2) is 32.3 Å². The van der Waals surface area contributed by atoms with Crippen molar-refractivity contribution in [2.24, 2.45) is 21.7 Å². The average Bonchev–Trinajstić information content (AvgIpc) is 0.725. The van der Waals surface area contributed by atoms with Gasteiger partial charge in [-0.2, -0.15) is 0 Å². The van der Waals surface area contributed by atoms with Crippen LogP contribution in [0.5, 0.6) is 17.2 Å². The van der Waals surface area contributed by atoms with Gasteiger partial charge in [-0.1, -0.05) is 186 Å². The van der Waals surface area contributed by atoms with Crippen LogP contribution in [-0.4, -0.2) is 141 Å². The number of carbonyl (C=O) groups excluding carboxylic acids is 8. The Morgan fingerprint density at radius 2 is 0.581 bits per heavy atom. The van der Waals surface area contributed by atoms with Gasteiger partial charge >= 0.3 is 24.1 Å². The molecule has 4 spiro atoms. The van der Waals surface area contributed by atoms with E-state index in [0.29, 0.717) is 158 Å². The lowest BCUT2D eigenvalue weighted by atomic mass is 9.62. The molecular weight excluding hydrogens is 1860 g/mol. The molecule has 0 aromatic heterocycles. The van der Waals surface area contributed by atoms with Gasteiger partial charge in [-0.3, -0.25) is 19.2 Å². The summed E-state index contributed by atoms with van der Waals surface area (Å²) in [7, 11) is 0. The first kappa shape index (κ1) is 95.1. The molecule has 1 aliphatic carbocycles. The first-order valence-electron chi connectivity index (χ1n) is 45.1. The maximum atomic E-state index is 13.6. The largest absolute Gasteiger partial charge is 0.508 e. The smallest absolute Gasteiger partial charge is 0.321 e. The number of carbonyl (C=O) groups is 8. The summed E-state index contributed by atoms with van der Waals surface area (Å²) in [4.78, 5) is 120. The molecule has 9 fully saturated rings. The maximum absolute atomic E-state index is 13.6. The molecule has 8 aliphatic heterocycles. The Labute approximate surface area is 814 Å². The number of anilines is 7. The van der Waals surface area contributed by atoms with E-state index in [1.54, 1.807) is 151 Å². The molecule has 4 unspecified atom stereocenters. The van der Waals surface area contributed by atoms with Gasteiger partial charge in [0.05, 0.1) is 88.0 Å². The zero-order valence-corrected chi connectivity index (χ0v) is 78.4. The van der Waals surface area contributed by atoms with Gasteiger partial charge in [0.1, 0.15) is 34.7 Å².